The van der Waals surface area contributed by atoms with E-state index in [4.69, 9.17) is 9.15 Å². The first-order valence-corrected chi connectivity index (χ1v) is 7.58. The quantitative estimate of drug-likeness (QED) is 0.870. The van der Waals surface area contributed by atoms with Crippen LogP contribution in [0.25, 0.3) is 0 Å². The van der Waals surface area contributed by atoms with Crippen LogP contribution in [-0.2, 0) is 0 Å². The lowest BCUT2D eigenvalue weighted by Crippen LogP contribution is -2.31. The van der Waals surface area contributed by atoms with Crippen LogP contribution in [0.3, 0.4) is 0 Å². The molecule has 0 spiro atoms. The Kier molecular flexibility index (Phi) is 4.13. The molecule has 0 aliphatic carbocycles. The maximum atomic E-state index is 12.6. The smallest absolute Gasteiger partial charge is 0.289 e. The number of furan rings is 1. The van der Waals surface area contributed by atoms with Crippen molar-refractivity contribution in [1.82, 2.24) is 9.88 Å². The number of carbonyl (C=O) groups excluding carboxylic acids is 1. The Hall–Kier alpha value is -2.30. The summed E-state index contributed by atoms with van der Waals surface area (Å²) in [5.74, 6) is 1.47. The summed E-state index contributed by atoms with van der Waals surface area (Å²) < 4.78 is 11.3. The van der Waals surface area contributed by atoms with Gasteiger partial charge in [0.05, 0.1) is 12.8 Å². The second-order valence-electron chi connectivity index (χ2n) is 5.82. The molecule has 116 valence electrons. The molecule has 2 aromatic rings. The minimum Gasteiger partial charge on any atom is -0.488 e. The second-order valence-corrected chi connectivity index (χ2v) is 5.82. The van der Waals surface area contributed by atoms with Gasteiger partial charge in [-0.25, -0.2) is 0 Å². The molecule has 3 heterocycles. The van der Waals surface area contributed by atoms with Gasteiger partial charge in [0.1, 0.15) is 11.9 Å². The van der Waals surface area contributed by atoms with Crippen molar-refractivity contribution in [3.63, 3.8) is 0 Å². The van der Waals surface area contributed by atoms with Crippen LogP contribution in [0.4, 0.5) is 0 Å². The molecule has 1 saturated heterocycles. The van der Waals surface area contributed by atoms with Gasteiger partial charge in [-0.15, -0.1) is 0 Å². The van der Waals surface area contributed by atoms with E-state index in [2.05, 4.69) is 18.8 Å². The van der Waals surface area contributed by atoms with Gasteiger partial charge in [0.15, 0.2) is 5.76 Å². The molecule has 0 saturated carbocycles. The van der Waals surface area contributed by atoms with Gasteiger partial charge in [0, 0.05) is 30.9 Å². The SMILES string of the molecule is CC(C)c1ccoc1C(=O)N1CC[C@@H](Oc2ccncc2)C1. The van der Waals surface area contributed by atoms with E-state index in [1.54, 1.807) is 23.6 Å². The number of likely N-dealkylation sites (tertiary alicyclic amines) is 1. The van der Waals surface area contributed by atoms with Crippen LogP contribution in [0.15, 0.2) is 41.3 Å². The zero-order valence-electron chi connectivity index (χ0n) is 12.9. The lowest BCUT2D eigenvalue weighted by molar-refractivity contribution is 0.0739. The summed E-state index contributed by atoms with van der Waals surface area (Å²) in [6, 6.07) is 5.53. The van der Waals surface area contributed by atoms with E-state index >= 15 is 0 Å². The number of ether oxygens (including phenoxy) is 1. The Morgan fingerprint density at radius 3 is 2.86 bits per heavy atom. The van der Waals surface area contributed by atoms with Gasteiger partial charge in [0.25, 0.3) is 5.91 Å². The van der Waals surface area contributed by atoms with Gasteiger partial charge in [-0.05, 0) is 24.1 Å². The van der Waals surface area contributed by atoms with E-state index in [1.807, 2.05) is 18.2 Å². The largest absolute Gasteiger partial charge is 0.488 e. The molecule has 5 nitrogen and oxygen atoms in total. The summed E-state index contributed by atoms with van der Waals surface area (Å²) in [5, 5.41) is 0. The Morgan fingerprint density at radius 2 is 2.14 bits per heavy atom. The Labute approximate surface area is 129 Å². The first kappa shape index (κ1) is 14.6. The zero-order valence-corrected chi connectivity index (χ0v) is 12.9. The summed E-state index contributed by atoms with van der Waals surface area (Å²) in [5.41, 5.74) is 0.962. The van der Waals surface area contributed by atoms with Crippen molar-refractivity contribution >= 4 is 5.91 Å². The van der Waals surface area contributed by atoms with Crippen molar-refractivity contribution in [1.29, 1.82) is 0 Å². The maximum Gasteiger partial charge on any atom is 0.289 e. The molecule has 1 aliphatic heterocycles. The summed E-state index contributed by atoms with van der Waals surface area (Å²) >= 11 is 0. The maximum absolute atomic E-state index is 12.6. The van der Waals surface area contributed by atoms with Gasteiger partial charge in [-0.2, -0.15) is 0 Å². The van der Waals surface area contributed by atoms with Gasteiger partial charge in [-0.1, -0.05) is 13.8 Å². The van der Waals surface area contributed by atoms with Crippen LogP contribution in [0.1, 0.15) is 42.3 Å². The third-order valence-corrected chi connectivity index (χ3v) is 3.90. The van der Waals surface area contributed by atoms with Crippen LogP contribution in [-0.4, -0.2) is 35.0 Å². The van der Waals surface area contributed by atoms with Crippen LogP contribution < -0.4 is 4.74 Å². The normalized spacial score (nSPS) is 18.0. The lowest BCUT2D eigenvalue weighted by Gasteiger charge is -2.17. The molecule has 0 radical (unpaired) electrons. The fourth-order valence-corrected chi connectivity index (χ4v) is 2.71. The zero-order chi connectivity index (χ0) is 15.5. The third kappa shape index (κ3) is 2.98. The van der Waals surface area contributed by atoms with Crippen molar-refractivity contribution in [2.24, 2.45) is 0 Å². The van der Waals surface area contributed by atoms with E-state index in [9.17, 15) is 4.79 Å². The fourth-order valence-electron chi connectivity index (χ4n) is 2.71. The summed E-state index contributed by atoms with van der Waals surface area (Å²) in [7, 11) is 0. The molecule has 0 bridgehead atoms. The highest BCUT2D eigenvalue weighted by molar-refractivity contribution is 5.93. The van der Waals surface area contributed by atoms with Crippen LogP contribution in [0.5, 0.6) is 5.75 Å². The molecule has 0 aromatic carbocycles. The number of nitrogens with zero attached hydrogens (tertiary/aromatic N) is 2. The van der Waals surface area contributed by atoms with Crippen LogP contribution in [0.2, 0.25) is 0 Å². The molecule has 1 atom stereocenters. The minimum atomic E-state index is -0.0467. The lowest BCUT2D eigenvalue weighted by atomic mass is 10.0. The molecule has 1 fully saturated rings. The molecule has 22 heavy (non-hydrogen) atoms. The highest BCUT2D eigenvalue weighted by Crippen LogP contribution is 2.24. The summed E-state index contributed by atoms with van der Waals surface area (Å²) in [6.45, 7) is 5.38. The Morgan fingerprint density at radius 1 is 1.36 bits per heavy atom. The van der Waals surface area contributed by atoms with E-state index in [0.29, 0.717) is 18.8 Å². The standard InChI is InChI=1S/C17H20N2O3/c1-12(2)15-6-10-21-16(15)17(20)19-9-5-14(11-19)22-13-3-7-18-8-4-13/h3-4,6-8,10,12,14H,5,9,11H2,1-2H3/t14-/m1/s1. The number of amides is 1. The molecule has 5 heteroatoms. The number of carbonyl (C=O) groups is 1. The van der Waals surface area contributed by atoms with Crippen LogP contribution in [0, 0.1) is 0 Å². The van der Waals surface area contributed by atoms with Gasteiger partial charge < -0.3 is 14.1 Å². The third-order valence-electron chi connectivity index (χ3n) is 3.90. The molecular formula is C17H20N2O3. The average Bonchev–Trinajstić information content (AvgIpc) is 3.16. The van der Waals surface area contributed by atoms with E-state index < -0.39 is 0 Å². The molecule has 3 rings (SSSR count). The Bertz CT molecular complexity index is 636. The number of aromatic nitrogens is 1. The van der Waals surface area contributed by atoms with E-state index in [1.165, 1.54) is 0 Å². The fraction of sp³-hybridized carbons (Fsp3) is 0.412. The van der Waals surface area contributed by atoms with Crippen LogP contribution >= 0.6 is 0 Å². The number of hydrogen-bond donors (Lipinski definition) is 0. The number of hydrogen-bond acceptors (Lipinski definition) is 4. The van der Waals surface area contributed by atoms with Crippen molar-refractivity contribution < 1.29 is 13.9 Å². The van der Waals surface area contributed by atoms with Crippen molar-refractivity contribution in [3.8, 4) is 5.75 Å². The van der Waals surface area contributed by atoms with Gasteiger partial charge in [-0.3, -0.25) is 9.78 Å². The van der Waals surface area contributed by atoms with E-state index in [0.717, 1.165) is 17.7 Å². The van der Waals surface area contributed by atoms with E-state index in [-0.39, 0.29) is 17.9 Å². The highest BCUT2D eigenvalue weighted by atomic mass is 16.5. The predicted molar refractivity (Wildman–Crippen MR) is 82.0 cm³/mol. The Balaban J connectivity index is 1.65. The first-order valence-electron chi connectivity index (χ1n) is 7.58. The predicted octanol–water partition coefficient (Wildman–Crippen LogP) is 3.09. The molecule has 0 N–H and O–H groups in total. The van der Waals surface area contributed by atoms with Crippen molar-refractivity contribution in [2.45, 2.75) is 32.3 Å². The number of rotatable bonds is 4. The van der Waals surface area contributed by atoms with Gasteiger partial charge >= 0.3 is 0 Å². The molecule has 1 amide bonds. The summed E-state index contributed by atoms with van der Waals surface area (Å²) in [4.78, 5) is 18.4. The number of pyridine rings is 1. The topological polar surface area (TPSA) is 55.6 Å². The molecule has 0 unspecified atom stereocenters. The average molecular weight is 300 g/mol. The molecule has 2 aromatic heterocycles. The van der Waals surface area contributed by atoms with Crippen molar-refractivity contribution in [3.05, 3.63) is 48.2 Å². The molecular weight excluding hydrogens is 280 g/mol. The first-order chi connectivity index (χ1) is 10.6. The highest BCUT2D eigenvalue weighted by Gasteiger charge is 2.31. The summed E-state index contributed by atoms with van der Waals surface area (Å²) in [6.07, 6.45) is 5.83. The minimum absolute atomic E-state index is 0.0174. The van der Waals surface area contributed by atoms with Crippen molar-refractivity contribution in [2.75, 3.05) is 13.1 Å². The van der Waals surface area contributed by atoms with Gasteiger partial charge in [0.2, 0.25) is 0 Å². The molecule has 1 aliphatic rings. The second kappa shape index (κ2) is 6.22. The monoisotopic (exact) mass is 300 g/mol.